The fourth-order valence-electron chi connectivity index (χ4n) is 1.69. The second kappa shape index (κ2) is 2.84. The third-order valence-electron chi connectivity index (χ3n) is 2.84. The Morgan fingerprint density at radius 3 is 2.92 bits per heavy atom. The number of imidazole rings is 1. The van der Waals surface area contributed by atoms with Gasteiger partial charge in [-0.15, -0.1) is 0 Å². The van der Waals surface area contributed by atoms with Crippen molar-refractivity contribution in [2.75, 3.05) is 0 Å². The zero-order valence-corrected chi connectivity index (χ0v) is 7.74. The van der Waals surface area contributed by atoms with Crippen LogP contribution in [0.25, 0.3) is 0 Å². The lowest BCUT2D eigenvalue weighted by Crippen LogP contribution is -2.17. The largest absolute Gasteiger partial charge is 0.330 e. The summed E-state index contributed by atoms with van der Waals surface area (Å²) in [5.41, 5.74) is 1.36. The van der Waals surface area contributed by atoms with E-state index in [0.717, 1.165) is 18.6 Å². The minimum atomic E-state index is 0.763. The number of nitrogens with zero attached hydrogens (tertiary/aromatic N) is 2. The van der Waals surface area contributed by atoms with Gasteiger partial charge < -0.3 is 9.88 Å². The van der Waals surface area contributed by atoms with Crippen molar-refractivity contribution in [2.24, 2.45) is 0 Å². The summed E-state index contributed by atoms with van der Waals surface area (Å²) in [6.45, 7) is 1.00. The lowest BCUT2D eigenvalue weighted by Gasteiger charge is -2.06. The second-order valence-electron chi connectivity index (χ2n) is 4.18. The molecular weight excluding hydrogens is 162 g/mol. The van der Waals surface area contributed by atoms with E-state index in [2.05, 4.69) is 14.9 Å². The summed E-state index contributed by atoms with van der Waals surface area (Å²) in [6, 6.07) is 1.56. The van der Waals surface area contributed by atoms with Gasteiger partial charge in [0, 0.05) is 24.8 Å². The lowest BCUT2D eigenvalue weighted by atomic mass is 10.4. The van der Waals surface area contributed by atoms with Gasteiger partial charge in [0.2, 0.25) is 0 Å². The molecule has 0 atom stereocenters. The van der Waals surface area contributed by atoms with Gasteiger partial charge in [-0.3, -0.25) is 0 Å². The molecule has 1 N–H and O–H groups in total. The maximum atomic E-state index is 4.20. The first kappa shape index (κ1) is 7.56. The van der Waals surface area contributed by atoms with E-state index in [1.807, 2.05) is 12.5 Å². The van der Waals surface area contributed by atoms with Gasteiger partial charge in [0.15, 0.2) is 0 Å². The van der Waals surface area contributed by atoms with E-state index in [9.17, 15) is 0 Å². The molecule has 1 aromatic heterocycles. The molecule has 0 radical (unpaired) electrons. The van der Waals surface area contributed by atoms with Crippen molar-refractivity contribution in [1.82, 2.24) is 14.9 Å². The van der Waals surface area contributed by atoms with Crippen LogP contribution in [0.3, 0.4) is 0 Å². The van der Waals surface area contributed by atoms with E-state index >= 15 is 0 Å². The molecule has 0 aliphatic heterocycles. The van der Waals surface area contributed by atoms with E-state index in [1.165, 1.54) is 31.4 Å². The van der Waals surface area contributed by atoms with Crippen LogP contribution in [0.1, 0.15) is 37.4 Å². The van der Waals surface area contributed by atoms with Gasteiger partial charge in [-0.1, -0.05) is 0 Å². The first-order chi connectivity index (χ1) is 6.43. The Hall–Kier alpha value is -0.830. The molecule has 3 heteroatoms. The smallest absolute Gasteiger partial charge is 0.0951 e. The highest BCUT2D eigenvalue weighted by molar-refractivity contribution is 5.04. The van der Waals surface area contributed by atoms with Gasteiger partial charge in [0.1, 0.15) is 0 Å². The summed E-state index contributed by atoms with van der Waals surface area (Å²) >= 11 is 0. The van der Waals surface area contributed by atoms with Gasteiger partial charge in [-0.2, -0.15) is 0 Å². The van der Waals surface area contributed by atoms with Crippen LogP contribution in [-0.2, 0) is 6.54 Å². The van der Waals surface area contributed by atoms with Crippen LogP contribution in [0.4, 0.5) is 0 Å². The minimum Gasteiger partial charge on any atom is -0.330 e. The molecule has 0 unspecified atom stereocenters. The molecule has 2 aliphatic carbocycles. The number of hydrogen-bond acceptors (Lipinski definition) is 2. The first-order valence-electron chi connectivity index (χ1n) is 5.17. The second-order valence-corrected chi connectivity index (χ2v) is 4.18. The third-order valence-corrected chi connectivity index (χ3v) is 2.84. The van der Waals surface area contributed by atoms with Crippen LogP contribution in [0.5, 0.6) is 0 Å². The van der Waals surface area contributed by atoms with Gasteiger partial charge >= 0.3 is 0 Å². The molecule has 13 heavy (non-hydrogen) atoms. The van der Waals surface area contributed by atoms with Crippen molar-refractivity contribution in [3.05, 3.63) is 18.2 Å². The highest BCUT2D eigenvalue weighted by atomic mass is 15.1. The Morgan fingerprint density at radius 2 is 2.23 bits per heavy atom. The van der Waals surface area contributed by atoms with Crippen LogP contribution < -0.4 is 5.32 Å². The number of rotatable bonds is 4. The van der Waals surface area contributed by atoms with Gasteiger partial charge in [-0.25, -0.2) is 4.98 Å². The average molecular weight is 177 g/mol. The normalized spacial score (nSPS) is 22.2. The van der Waals surface area contributed by atoms with Gasteiger partial charge in [0.25, 0.3) is 0 Å². The molecule has 70 valence electrons. The van der Waals surface area contributed by atoms with Crippen molar-refractivity contribution in [2.45, 2.75) is 44.3 Å². The molecule has 0 amide bonds. The Morgan fingerprint density at radius 1 is 1.38 bits per heavy atom. The molecule has 0 aromatic carbocycles. The SMILES string of the molecule is c1ncn(C2CC2)c1CNC1CC1. The van der Waals surface area contributed by atoms with Crippen LogP contribution in [0, 0.1) is 0 Å². The van der Waals surface area contributed by atoms with E-state index in [0.29, 0.717) is 0 Å². The molecule has 3 nitrogen and oxygen atoms in total. The molecule has 0 bridgehead atoms. The molecule has 0 spiro atoms. The van der Waals surface area contributed by atoms with Crippen molar-refractivity contribution < 1.29 is 0 Å². The molecule has 2 aliphatic rings. The molecule has 1 aromatic rings. The Balaban J connectivity index is 1.67. The molecule has 0 saturated heterocycles. The Bertz CT molecular complexity index is 297. The maximum absolute atomic E-state index is 4.20. The summed E-state index contributed by atoms with van der Waals surface area (Å²) < 4.78 is 2.33. The van der Waals surface area contributed by atoms with Crippen LogP contribution in [0.2, 0.25) is 0 Å². The first-order valence-corrected chi connectivity index (χ1v) is 5.17. The number of aromatic nitrogens is 2. The predicted molar refractivity (Wildman–Crippen MR) is 50.4 cm³/mol. The summed E-state index contributed by atoms with van der Waals surface area (Å²) in [5, 5.41) is 3.52. The summed E-state index contributed by atoms with van der Waals surface area (Å²) in [4.78, 5) is 4.20. The fraction of sp³-hybridized carbons (Fsp3) is 0.700. The molecule has 2 saturated carbocycles. The predicted octanol–water partition coefficient (Wildman–Crippen LogP) is 1.47. The zero-order chi connectivity index (χ0) is 8.67. The summed E-state index contributed by atoms with van der Waals surface area (Å²) in [7, 11) is 0. The number of nitrogens with one attached hydrogen (secondary N) is 1. The number of hydrogen-bond donors (Lipinski definition) is 1. The lowest BCUT2D eigenvalue weighted by molar-refractivity contribution is 0.618. The van der Waals surface area contributed by atoms with E-state index in [1.54, 1.807) is 0 Å². The fourth-order valence-corrected chi connectivity index (χ4v) is 1.69. The zero-order valence-electron chi connectivity index (χ0n) is 7.74. The van der Waals surface area contributed by atoms with E-state index in [4.69, 9.17) is 0 Å². The van der Waals surface area contributed by atoms with Gasteiger partial charge in [-0.05, 0) is 25.7 Å². The average Bonchev–Trinajstić information content (AvgIpc) is 3.03. The standard InChI is InChI=1S/C10H15N3/c1-2-8(1)12-6-10-5-11-7-13(10)9-3-4-9/h5,7-9,12H,1-4,6H2. The Kier molecular flexibility index (Phi) is 1.65. The van der Waals surface area contributed by atoms with Gasteiger partial charge in [0.05, 0.1) is 12.0 Å². The van der Waals surface area contributed by atoms with Crippen LogP contribution in [-0.4, -0.2) is 15.6 Å². The molecular formula is C10H15N3. The van der Waals surface area contributed by atoms with Crippen LogP contribution in [0.15, 0.2) is 12.5 Å². The Labute approximate surface area is 78.2 Å². The third kappa shape index (κ3) is 1.61. The molecule has 2 fully saturated rings. The van der Waals surface area contributed by atoms with Crippen LogP contribution >= 0.6 is 0 Å². The van der Waals surface area contributed by atoms with Crippen molar-refractivity contribution in [1.29, 1.82) is 0 Å². The van der Waals surface area contributed by atoms with Crippen molar-refractivity contribution in [3.63, 3.8) is 0 Å². The maximum Gasteiger partial charge on any atom is 0.0951 e. The van der Waals surface area contributed by atoms with E-state index in [-0.39, 0.29) is 0 Å². The topological polar surface area (TPSA) is 29.9 Å². The van der Waals surface area contributed by atoms with Crippen molar-refractivity contribution in [3.8, 4) is 0 Å². The summed E-state index contributed by atoms with van der Waals surface area (Å²) in [5.74, 6) is 0. The van der Waals surface area contributed by atoms with Crippen molar-refractivity contribution >= 4 is 0 Å². The highest BCUT2D eigenvalue weighted by Crippen LogP contribution is 2.35. The summed E-state index contributed by atoms with van der Waals surface area (Å²) in [6.07, 6.45) is 9.37. The quantitative estimate of drug-likeness (QED) is 0.754. The molecule has 1 heterocycles. The van der Waals surface area contributed by atoms with E-state index < -0.39 is 0 Å². The highest BCUT2D eigenvalue weighted by Gasteiger charge is 2.26. The minimum absolute atomic E-state index is 0.763. The monoisotopic (exact) mass is 177 g/mol. The molecule has 3 rings (SSSR count).